The summed E-state index contributed by atoms with van der Waals surface area (Å²) in [6, 6.07) is 7.46. The van der Waals surface area contributed by atoms with E-state index in [1.165, 1.54) is 0 Å². The fraction of sp³-hybridized carbons (Fsp3) is 0. The Bertz CT molecular complexity index is 448. The molecule has 2 heterocycles. The monoisotopic (exact) mass is 288 g/mol. The van der Waals surface area contributed by atoms with Crippen LogP contribution in [-0.4, -0.2) is 9.97 Å². The maximum absolute atomic E-state index is 5.79. The average Bonchev–Trinajstić information content (AvgIpc) is 2.27. The Morgan fingerprint density at radius 1 is 0.812 bits per heavy atom. The van der Waals surface area contributed by atoms with E-state index >= 15 is 0 Å². The molecule has 0 spiro atoms. The van der Waals surface area contributed by atoms with Crippen LogP contribution in [0.1, 0.15) is 0 Å². The molecule has 0 aromatic carbocycles. The molecule has 2 aromatic heterocycles. The fourth-order valence-electron chi connectivity index (χ4n) is 0.969. The number of halogens is 2. The predicted octanol–water partition coefficient (Wildman–Crippen LogP) is 4.58. The van der Waals surface area contributed by atoms with Crippen molar-refractivity contribution in [3.8, 4) is 0 Å². The summed E-state index contributed by atoms with van der Waals surface area (Å²) >= 11 is 11.6. The molecular formula is C10H6Cl2N2S2. The fourth-order valence-corrected chi connectivity index (χ4v) is 3.39. The van der Waals surface area contributed by atoms with Crippen LogP contribution in [0.25, 0.3) is 0 Å². The first-order valence-corrected chi connectivity index (χ1v) is 7.22. The van der Waals surface area contributed by atoms with Crippen molar-refractivity contribution in [2.75, 3.05) is 0 Å². The summed E-state index contributed by atoms with van der Waals surface area (Å²) < 4.78 is 0. The van der Waals surface area contributed by atoms with Gasteiger partial charge in [0, 0.05) is 22.2 Å². The van der Waals surface area contributed by atoms with Gasteiger partial charge in [0.25, 0.3) is 0 Å². The summed E-state index contributed by atoms with van der Waals surface area (Å²) in [5.41, 5.74) is 0. The zero-order valence-electron chi connectivity index (χ0n) is 7.93. The smallest absolute Gasteiger partial charge is 0.130 e. The van der Waals surface area contributed by atoms with Crippen molar-refractivity contribution in [1.29, 1.82) is 0 Å². The van der Waals surface area contributed by atoms with Crippen molar-refractivity contribution >= 4 is 44.8 Å². The number of rotatable bonds is 3. The van der Waals surface area contributed by atoms with Gasteiger partial charge >= 0.3 is 0 Å². The van der Waals surface area contributed by atoms with Crippen LogP contribution in [0.3, 0.4) is 0 Å². The van der Waals surface area contributed by atoms with E-state index in [4.69, 9.17) is 23.2 Å². The molecule has 0 radical (unpaired) electrons. The molecule has 2 nitrogen and oxygen atoms in total. The molecule has 82 valence electrons. The standard InChI is InChI=1S/C10H6Cl2N2S2/c11-9-5-7(1-3-13-9)15-16-8-2-4-14-10(12)6-8/h1-6H. The average molecular weight is 289 g/mol. The summed E-state index contributed by atoms with van der Waals surface area (Å²) in [5.74, 6) is 0. The maximum atomic E-state index is 5.79. The molecule has 0 amide bonds. The summed E-state index contributed by atoms with van der Waals surface area (Å²) in [6.45, 7) is 0. The number of hydrogen-bond acceptors (Lipinski definition) is 4. The van der Waals surface area contributed by atoms with Gasteiger partial charge in [0.15, 0.2) is 0 Å². The van der Waals surface area contributed by atoms with E-state index in [1.807, 2.05) is 24.3 Å². The van der Waals surface area contributed by atoms with Gasteiger partial charge in [-0.05, 0) is 24.3 Å². The first kappa shape index (κ1) is 12.0. The third-order valence-electron chi connectivity index (χ3n) is 1.63. The van der Waals surface area contributed by atoms with E-state index in [2.05, 4.69) is 9.97 Å². The van der Waals surface area contributed by atoms with Gasteiger partial charge in [-0.2, -0.15) is 0 Å². The first-order chi connectivity index (χ1) is 7.74. The van der Waals surface area contributed by atoms with E-state index in [9.17, 15) is 0 Å². The normalized spacial score (nSPS) is 10.4. The Labute approximate surface area is 111 Å². The molecule has 0 bridgehead atoms. The first-order valence-electron chi connectivity index (χ1n) is 4.32. The molecule has 0 aliphatic rings. The van der Waals surface area contributed by atoms with E-state index in [-0.39, 0.29) is 0 Å². The number of aromatic nitrogens is 2. The second-order valence-corrected chi connectivity index (χ2v) is 5.85. The highest BCUT2D eigenvalue weighted by Crippen LogP contribution is 2.37. The lowest BCUT2D eigenvalue weighted by Crippen LogP contribution is -1.75. The van der Waals surface area contributed by atoms with Crippen molar-refractivity contribution in [3.05, 3.63) is 47.0 Å². The zero-order valence-corrected chi connectivity index (χ0v) is 11.1. The van der Waals surface area contributed by atoms with Gasteiger partial charge in [0.2, 0.25) is 0 Å². The number of nitrogens with zero attached hydrogens (tertiary/aromatic N) is 2. The van der Waals surface area contributed by atoms with Crippen molar-refractivity contribution in [2.45, 2.75) is 9.79 Å². The van der Waals surface area contributed by atoms with E-state index in [0.29, 0.717) is 10.3 Å². The molecule has 0 saturated heterocycles. The van der Waals surface area contributed by atoms with Crippen molar-refractivity contribution in [2.24, 2.45) is 0 Å². The lowest BCUT2D eigenvalue weighted by molar-refractivity contribution is 1.26. The van der Waals surface area contributed by atoms with Crippen LogP contribution in [0, 0.1) is 0 Å². The molecule has 16 heavy (non-hydrogen) atoms. The van der Waals surface area contributed by atoms with Crippen LogP contribution in [0.15, 0.2) is 46.5 Å². The predicted molar refractivity (Wildman–Crippen MR) is 70.2 cm³/mol. The summed E-state index contributed by atoms with van der Waals surface area (Å²) in [5, 5.41) is 0.997. The van der Waals surface area contributed by atoms with Gasteiger partial charge in [-0.3, -0.25) is 0 Å². The lowest BCUT2D eigenvalue weighted by atomic mass is 10.5. The highest BCUT2D eigenvalue weighted by atomic mass is 35.5. The second kappa shape index (κ2) is 5.77. The van der Waals surface area contributed by atoms with Crippen LogP contribution in [0.5, 0.6) is 0 Å². The summed E-state index contributed by atoms with van der Waals surface area (Å²) in [4.78, 5) is 9.95. The van der Waals surface area contributed by atoms with Crippen molar-refractivity contribution < 1.29 is 0 Å². The SMILES string of the molecule is Clc1cc(SSc2ccnc(Cl)c2)ccn1. The van der Waals surface area contributed by atoms with Gasteiger partial charge in [-0.15, -0.1) is 0 Å². The largest absolute Gasteiger partial charge is 0.244 e. The highest BCUT2D eigenvalue weighted by molar-refractivity contribution is 8.76. The zero-order chi connectivity index (χ0) is 11.4. The number of hydrogen-bond donors (Lipinski definition) is 0. The molecule has 0 saturated carbocycles. The third kappa shape index (κ3) is 3.56. The van der Waals surface area contributed by atoms with Crippen LogP contribution in [0.2, 0.25) is 10.3 Å². The molecule has 0 aliphatic carbocycles. The van der Waals surface area contributed by atoms with Gasteiger partial charge in [-0.1, -0.05) is 44.8 Å². The maximum Gasteiger partial charge on any atom is 0.130 e. The lowest BCUT2D eigenvalue weighted by Gasteiger charge is -2.01. The van der Waals surface area contributed by atoms with Crippen LogP contribution >= 0.6 is 44.8 Å². The van der Waals surface area contributed by atoms with E-state index in [1.54, 1.807) is 34.0 Å². The minimum Gasteiger partial charge on any atom is -0.244 e. The molecule has 0 aliphatic heterocycles. The Morgan fingerprint density at radius 2 is 1.25 bits per heavy atom. The van der Waals surface area contributed by atoms with Crippen LogP contribution < -0.4 is 0 Å². The van der Waals surface area contributed by atoms with E-state index in [0.717, 1.165) is 9.79 Å². The molecule has 2 rings (SSSR count). The molecule has 0 atom stereocenters. The topological polar surface area (TPSA) is 25.8 Å². The van der Waals surface area contributed by atoms with Crippen LogP contribution in [0.4, 0.5) is 0 Å². The van der Waals surface area contributed by atoms with Crippen LogP contribution in [-0.2, 0) is 0 Å². The van der Waals surface area contributed by atoms with Gasteiger partial charge in [0.05, 0.1) is 0 Å². The quantitative estimate of drug-likeness (QED) is 0.610. The van der Waals surface area contributed by atoms with E-state index < -0.39 is 0 Å². The van der Waals surface area contributed by atoms with Gasteiger partial charge < -0.3 is 0 Å². The van der Waals surface area contributed by atoms with Gasteiger partial charge in [0.1, 0.15) is 10.3 Å². The Hall–Kier alpha value is -0.420. The van der Waals surface area contributed by atoms with Crippen molar-refractivity contribution in [3.63, 3.8) is 0 Å². The minimum absolute atomic E-state index is 0.498. The molecule has 0 unspecified atom stereocenters. The van der Waals surface area contributed by atoms with Crippen molar-refractivity contribution in [1.82, 2.24) is 9.97 Å². The highest BCUT2D eigenvalue weighted by Gasteiger charge is 2.00. The molecular weight excluding hydrogens is 283 g/mol. The molecule has 2 aromatic rings. The minimum atomic E-state index is 0.498. The second-order valence-electron chi connectivity index (χ2n) is 2.80. The van der Waals surface area contributed by atoms with Gasteiger partial charge in [-0.25, -0.2) is 9.97 Å². The number of pyridine rings is 2. The Kier molecular flexibility index (Phi) is 4.35. The molecule has 0 fully saturated rings. The summed E-state index contributed by atoms with van der Waals surface area (Å²) in [7, 11) is 3.20. The summed E-state index contributed by atoms with van der Waals surface area (Å²) in [6.07, 6.45) is 3.37. The third-order valence-corrected chi connectivity index (χ3v) is 4.42. The Morgan fingerprint density at radius 3 is 1.62 bits per heavy atom. The molecule has 6 heteroatoms. The molecule has 0 N–H and O–H groups in total. The Balaban J connectivity index is 2.02.